The first kappa shape index (κ1) is 31.1. The zero-order valence-corrected chi connectivity index (χ0v) is 22.6. The first-order valence-electron chi connectivity index (χ1n) is 14.0. The quantitative estimate of drug-likeness (QED) is 0.222. The molecule has 0 aliphatic rings. The van der Waals surface area contributed by atoms with E-state index in [1.54, 1.807) is 0 Å². The second kappa shape index (κ2) is 21.4. The summed E-state index contributed by atoms with van der Waals surface area (Å²) in [5, 5.41) is 3.47. The lowest BCUT2D eigenvalue weighted by Gasteiger charge is -2.17. The first-order chi connectivity index (χ1) is 17.0. The minimum absolute atomic E-state index is 0.259. The molecular weight excluding hydrogens is 436 g/mol. The van der Waals surface area contributed by atoms with Crippen LogP contribution < -0.4 is 11.1 Å². The third-order valence-electron chi connectivity index (χ3n) is 6.60. The molecule has 200 valence electrons. The molecule has 0 bridgehead atoms. The Hall–Kier alpha value is -1.92. The molecule has 0 spiro atoms. The number of carbonyl (C=O) groups excluding carboxylic acids is 2. The lowest BCUT2D eigenvalue weighted by molar-refractivity contribution is -0.130. The van der Waals surface area contributed by atoms with Gasteiger partial charge in [0.05, 0.1) is 0 Å². The minimum atomic E-state index is 0.259. The highest BCUT2D eigenvalue weighted by Gasteiger charge is 2.09. The largest absolute Gasteiger partial charge is 0.346 e. The Labute approximate surface area is 215 Å². The van der Waals surface area contributed by atoms with Crippen molar-refractivity contribution in [2.24, 2.45) is 5.73 Å². The molecule has 0 unspecified atom stereocenters. The summed E-state index contributed by atoms with van der Waals surface area (Å²) < 4.78 is 0. The molecule has 0 atom stereocenters. The topological polar surface area (TPSA) is 78.7 Å². The van der Waals surface area contributed by atoms with Crippen molar-refractivity contribution < 1.29 is 9.59 Å². The molecule has 0 radical (unpaired) electrons. The fourth-order valence-corrected chi connectivity index (χ4v) is 4.17. The predicted molar refractivity (Wildman–Crippen MR) is 147 cm³/mol. The van der Waals surface area contributed by atoms with Gasteiger partial charge in [-0.15, -0.1) is 0 Å². The van der Waals surface area contributed by atoms with Crippen LogP contribution in [0.5, 0.6) is 0 Å². The number of nitrogens with zero attached hydrogens (tertiary/aromatic N) is 2. The summed E-state index contributed by atoms with van der Waals surface area (Å²) in [5.74, 6) is 0.535. The zero-order valence-electron chi connectivity index (χ0n) is 22.6. The molecule has 3 N–H and O–H groups in total. The van der Waals surface area contributed by atoms with Crippen molar-refractivity contribution in [2.45, 2.75) is 96.4 Å². The fourth-order valence-electron chi connectivity index (χ4n) is 4.17. The third kappa shape index (κ3) is 17.2. The molecule has 0 saturated heterocycles. The van der Waals surface area contributed by atoms with Gasteiger partial charge in [0.25, 0.3) is 0 Å². The van der Waals surface area contributed by atoms with E-state index in [0.29, 0.717) is 19.4 Å². The predicted octanol–water partition coefficient (Wildman–Crippen LogP) is 5.11. The number of amides is 2. The summed E-state index contributed by atoms with van der Waals surface area (Å²) in [7, 11) is 3.85. The summed E-state index contributed by atoms with van der Waals surface area (Å²) in [5.41, 5.74) is 6.80. The summed E-state index contributed by atoms with van der Waals surface area (Å²) in [6.07, 6.45) is 14.4. The van der Waals surface area contributed by atoms with Crippen molar-refractivity contribution in [3.8, 4) is 0 Å². The first-order valence-corrected chi connectivity index (χ1v) is 14.0. The summed E-state index contributed by atoms with van der Waals surface area (Å²) in [4.78, 5) is 28.2. The van der Waals surface area contributed by atoms with Crippen LogP contribution in [0.15, 0.2) is 30.3 Å². The van der Waals surface area contributed by atoms with Gasteiger partial charge in [0.1, 0.15) is 0 Å². The number of benzene rings is 1. The third-order valence-corrected chi connectivity index (χ3v) is 6.60. The van der Waals surface area contributed by atoms with E-state index in [2.05, 4.69) is 29.6 Å². The molecule has 6 heteroatoms. The van der Waals surface area contributed by atoms with Gasteiger partial charge in [0.2, 0.25) is 11.8 Å². The molecule has 0 heterocycles. The Morgan fingerprint density at radius 2 is 1.17 bits per heavy atom. The maximum absolute atomic E-state index is 12.3. The Morgan fingerprint density at radius 1 is 0.686 bits per heavy atom. The van der Waals surface area contributed by atoms with Crippen LogP contribution in [0.2, 0.25) is 0 Å². The minimum Gasteiger partial charge on any atom is -0.346 e. The second-order valence-corrected chi connectivity index (χ2v) is 9.82. The van der Waals surface area contributed by atoms with E-state index in [9.17, 15) is 9.59 Å². The van der Waals surface area contributed by atoms with E-state index in [1.165, 1.54) is 31.2 Å². The SMILES string of the molecule is CN(CCCCCCCCN(C)C(=O)CCCCCNCc1ccccc1)C(=O)CCCCCN. The van der Waals surface area contributed by atoms with Crippen molar-refractivity contribution in [3.63, 3.8) is 0 Å². The van der Waals surface area contributed by atoms with Crippen molar-refractivity contribution in [1.29, 1.82) is 0 Å². The zero-order chi connectivity index (χ0) is 25.6. The number of carbonyl (C=O) groups is 2. The molecule has 1 aromatic rings. The van der Waals surface area contributed by atoms with E-state index in [1.807, 2.05) is 30.0 Å². The van der Waals surface area contributed by atoms with E-state index < -0.39 is 0 Å². The summed E-state index contributed by atoms with van der Waals surface area (Å²) >= 11 is 0. The Bertz CT molecular complexity index is 653. The Kier molecular flexibility index (Phi) is 19.0. The molecule has 2 amide bonds. The van der Waals surface area contributed by atoms with Gasteiger partial charge in [-0.05, 0) is 57.2 Å². The smallest absolute Gasteiger partial charge is 0.222 e. The standard InChI is InChI=1S/C29H52N4O2/c1-32(28(34)20-12-8-14-22-30)24-16-5-3-4-6-17-25-33(2)29(35)21-13-9-15-23-31-26-27-18-10-7-11-19-27/h7,10-11,18-19,31H,3-6,8-9,12-17,20-26,30H2,1-2H3. The van der Waals surface area contributed by atoms with Crippen molar-refractivity contribution in [2.75, 3.05) is 40.3 Å². The molecule has 0 aliphatic carbocycles. The number of nitrogens with one attached hydrogen (secondary N) is 1. The highest BCUT2D eigenvalue weighted by Crippen LogP contribution is 2.09. The molecule has 0 fully saturated rings. The second-order valence-electron chi connectivity index (χ2n) is 9.82. The van der Waals surface area contributed by atoms with Gasteiger partial charge in [0.15, 0.2) is 0 Å². The van der Waals surface area contributed by atoms with Crippen LogP contribution in [0.1, 0.15) is 95.5 Å². The molecule has 1 rings (SSSR count). The lowest BCUT2D eigenvalue weighted by Crippen LogP contribution is -2.27. The molecular formula is C29H52N4O2. The van der Waals surface area contributed by atoms with Gasteiger partial charge < -0.3 is 20.9 Å². The van der Waals surface area contributed by atoms with E-state index in [0.717, 1.165) is 77.5 Å². The van der Waals surface area contributed by atoms with Gasteiger partial charge in [-0.25, -0.2) is 0 Å². The van der Waals surface area contributed by atoms with Crippen molar-refractivity contribution in [1.82, 2.24) is 15.1 Å². The molecule has 0 aliphatic heterocycles. The number of hydrogen-bond donors (Lipinski definition) is 2. The van der Waals surface area contributed by atoms with Gasteiger partial charge >= 0.3 is 0 Å². The maximum Gasteiger partial charge on any atom is 0.222 e. The van der Waals surface area contributed by atoms with Gasteiger partial charge in [0, 0.05) is 46.6 Å². The van der Waals surface area contributed by atoms with Gasteiger partial charge in [-0.1, -0.05) is 68.9 Å². The molecule has 35 heavy (non-hydrogen) atoms. The van der Waals surface area contributed by atoms with Crippen LogP contribution >= 0.6 is 0 Å². The number of hydrogen-bond acceptors (Lipinski definition) is 4. The van der Waals surface area contributed by atoms with Crippen LogP contribution in [-0.2, 0) is 16.1 Å². The number of unbranched alkanes of at least 4 members (excludes halogenated alkanes) is 9. The van der Waals surface area contributed by atoms with Gasteiger partial charge in [-0.3, -0.25) is 9.59 Å². The normalized spacial score (nSPS) is 10.9. The molecule has 0 saturated carbocycles. The monoisotopic (exact) mass is 488 g/mol. The maximum atomic E-state index is 12.3. The average molecular weight is 489 g/mol. The van der Waals surface area contributed by atoms with Gasteiger partial charge in [-0.2, -0.15) is 0 Å². The highest BCUT2D eigenvalue weighted by atomic mass is 16.2. The average Bonchev–Trinajstić information content (AvgIpc) is 2.87. The Balaban J connectivity index is 1.90. The lowest BCUT2D eigenvalue weighted by atomic mass is 10.1. The summed E-state index contributed by atoms with van der Waals surface area (Å²) in [6, 6.07) is 10.5. The van der Waals surface area contributed by atoms with Crippen LogP contribution in [0.4, 0.5) is 0 Å². The molecule has 0 aromatic heterocycles. The van der Waals surface area contributed by atoms with E-state index >= 15 is 0 Å². The Morgan fingerprint density at radius 3 is 1.71 bits per heavy atom. The number of rotatable bonds is 22. The van der Waals surface area contributed by atoms with E-state index in [-0.39, 0.29) is 11.8 Å². The van der Waals surface area contributed by atoms with Crippen molar-refractivity contribution >= 4 is 11.8 Å². The van der Waals surface area contributed by atoms with Crippen LogP contribution in [0, 0.1) is 0 Å². The van der Waals surface area contributed by atoms with E-state index in [4.69, 9.17) is 5.73 Å². The van der Waals surface area contributed by atoms with Crippen LogP contribution in [-0.4, -0.2) is 61.9 Å². The fraction of sp³-hybridized carbons (Fsp3) is 0.724. The van der Waals surface area contributed by atoms with Crippen LogP contribution in [0.25, 0.3) is 0 Å². The summed E-state index contributed by atoms with van der Waals surface area (Å²) in [6.45, 7) is 4.34. The van der Waals surface area contributed by atoms with Crippen molar-refractivity contribution in [3.05, 3.63) is 35.9 Å². The highest BCUT2D eigenvalue weighted by molar-refractivity contribution is 5.76. The number of nitrogens with two attached hydrogens (primary N) is 1. The molecule has 6 nitrogen and oxygen atoms in total. The van der Waals surface area contributed by atoms with Crippen LogP contribution in [0.3, 0.4) is 0 Å². The molecule has 1 aromatic carbocycles.